The van der Waals surface area contributed by atoms with Crippen LogP contribution >= 0.6 is 11.3 Å². The molecule has 4 rings (SSSR count). The molecule has 1 N–H and O–H groups in total. The van der Waals surface area contributed by atoms with E-state index in [1.807, 2.05) is 39.0 Å². The van der Waals surface area contributed by atoms with E-state index < -0.39 is 17.7 Å². The van der Waals surface area contributed by atoms with Crippen LogP contribution in [0.1, 0.15) is 105 Å². The maximum Gasteiger partial charge on any atom is 0.337 e. The predicted octanol–water partition coefficient (Wildman–Crippen LogP) is 6.47. The second kappa shape index (κ2) is 7.99. The lowest BCUT2D eigenvalue weighted by Crippen LogP contribution is -2.29. The molecule has 1 atom stereocenters. The fraction of sp³-hybridized carbons (Fsp3) is 0.667. The van der Waals surface area contributed by atoms with Gasteiger partial charge in [0.25, 0.3) is 0 Å². The molecule has 1 saturated carbocycles. The number of nitrogens with zero attached hydrogens (tertiary/aromatic N) is 1. The Balaban J connectivity index is 1.99. The van der Waals surface area contributed by atoms with Gasteiger partial charge in [-0.15, -0.1) is 11.3 Å². The number of rotatable bonds is 4. The van der Waals surface area contributed by atoms with Gasteiger partial charge in [0.15, 0.2) is 6.10 Å². The molecule has 0 bridgehead atoms. The van der Waals surface area contributed by atoms with Crippen molar-refractivity contribution in [2.45, 2.75) is 103 Å². The lowest BCUT2D eigenvalue weighted by atomic mass is 9.78. The highest BCUT2D eigenvalue weighted by Crippen LogP contribution is 2.47. The smallest absolute Gasteiger partial charge is 0.337 e. The Bertz CT molecular complexity index is 919. The Hall–Kier alpha value is -1.46. The summed E-state index contributed by atoms with van der Waals surface area (Å²) in [7, 11) is 0. The molecule has 0 amide bonds. The third-order valence-electron chi connectivity index (χ3n) is 6.34. The van der Waals surface area contributed by atoms with Gasteiger partial charge >= 0.3 is 5.97 Å². The van der Waals surface area contributed by atoms with E-state index in [-0.39, 0.29) is 0 Å². The highest BCUT2D eigenvalue weighted by atomic mass is 32.1. The second-order valence-corrected chi connectivity index (χ2v) is 10.8. The fourth-order valence-corrected chi connectivity index (χ4v) is 6.51. The molecule has 2 aliphatic rings. The second-order valence-electron chi connectivity index (χ2n) is 9.70. The lowest BCUT2D eigenvalue weighted by Gasteiger charge is -2.31. The summed E-state index contributed by atoms with van der Waals surface area (Å²) in [5, 5.41) is 11.4. The first-order chi connectivity index (χ1) is 13.8. The van der Waals surface area contributed by atoms with E-state index in [1.54, 1.807) is 0 Å². The summed E-state index contributed by atoms with van der Waals surface area (Å²) in [6.45, 7) is 7.76. The molecule has 2 aromatic rings. The quantitative estimate of drug-likeness (QED) is 0.621. The number of carboxylic acid groups (broad SMARTS) is 1. The number of hydrogen-bond donors (Lipinski definition) is 1. The fourth-order valence-electron chi connectivity index (χ4n) is 5.18. The first-order valence-electron chi connectivity index (χ1n) is 11.1. The monoisotopic (exact) mass is 415 g/mol. The Morgan fingerprint density at radius 3 is 2.48 bits per heavy atom. The van der Waals surface area contributed by atoms with Crippen LogP contribution in [0.4, 0.5) is 0 Å². The average Bonchev–Trinajstić information content (AvgIpc) is 3.03. The van der Waals surface area contributed by atoms with E-state index in [0.29, 0.717) is 5.92 Å². The predicted molar refractivity (Wildman–Crippen MR) is 118 cm³/mol. The number of aromatic nitrogens is 1. The summed E-state index contributed by atoms with van der Waals surface area (Å²) >= 11 is 1.83. The standard InChI is InChI=1S/C24H33NO3S/c1-14-18(21(23(26)27)28-24(2,3)4)19(15-10-6-5-7-11-15)20-16-12-8-9-13-17(16)29-22(20)25-14/h15,21H,5-13H2,1-4H3,(H,26,27). The van der Waals surface area contributed by atoms with Crippen LogP contribution in [0.25, 0.3) is 10.2 Å². The van der Waals surface area contributed by atoms with Gasteiger partial charge in [0, 0.05) is 21.5 Å². The molecule has 158 valence electrons. The zero-order valence-corrected chi connectivity index (χ0v) is 19.0. The maximum absolute atomic E-state index is 12.4. The number of carboxylic acids is 1. The van der Waals surface area contributed by atoms with Crippen molar-refractivity contribution in [1.29, 1.82) is 0 Å². The minimum atomic E-state index is -0.969. The Labute approximate surface area is 177 Å². The maximum atomic E-state index is 12.4. The highest BCUT2D eigenvalue weighted by Gasteiger charge is 2.35. The zero-order valence-electron chi connectivity index (χ0n) is 18.1. The molecule has 1 fully saturated rings. The molecular formula is C24H33NO3S. The van der Waals surface area contributed by atoms with Gasteiger partial charge in [0.1, 0.15) is 4.83 Å². The number of carbonyl (C=O) groups is 1. The summed E-state index contributed by atoms with van der Waals surface area (Å²) in [5.74, 6) is -0.501. The summed E-state index contributed by atoms with van der Waals surface area (Å²) < 4.78 is 6.13. The number of hydrogen-bond acceptors (Lipinski definition) is 4. The van der Waals surface area contributed by atoms with Crippen LogP contribution in [0.3, 0.4) is 0 Å². The normalized spacial score (nSPS) is 19.3. The molecule has 0 spiro atoms. The van der Waals surface area contributed by atoms with E-state index in [4.69, 9.17) is 9.72 Å². The topological polar surface area (TPSA) is 59.4 Å². The van der Waals surface area contributed by atoms with Crippen LogP contribution in [0.2, 0.25) is 0 Å². The number of ether oxygens (including phenoxy) is 1. The zero-order chi connectivity index (χ0) is 20.8. The van der Waals surface area contributed by atoms with E-state index in [2.05, 4.69) is 0 Å². The molecule has 4 nitrogen and oxygen atoms in total. The van der Waals surface area contributed by atoms with Gasteiger partial charge in [-0.25, -0.2) is 9.78 Å². The van der Waals surface area contributed by atoms with E-state index in [9.17, 15) is 9.90 Å². The number of aliphatic carboxylic acids is 1. The van der Waals surface area contributed by atoms with Crippen LogP contribution in [0.15, 0.2) is 0 Å². The van der Waals surface area contributed by atoms with Crippen LogP contribution in [-0.4, -0.2) is 21.7 Å². The van der Waals surface area contributed by atoms with Crippen LogP contribution in [0, 0.1) is 6.92 Å². The van der Waals surface area contributed by atoms with Gasteiger partial charge in [0.2, 0.25) is 0 Å². The van der Waals surface area contributed by atoms with Gasteiger partial charge in [-0.2, -0.15) is 0 Å². The van der Waals surface area contributed by atoms with Gasteiger partial charge in [0.05, 0.1) is 5.60 Å². The third kappa shape index (κ3) is 4.09. The van der Waals surface area contributed by atoms with Crippen molar-refractivity contribution < 1.29 is 14.6 Å². The Morgan fingerprint density at radius 2 is 1.83 bits per heavy atom. The van der Waals surface area contributed by atoms with Crippen LogP contribution in [0.5, 0.6) is 0 Å². The van der Waals surface area contributed by atoms with Gasteiger partial charge in [-0.1, -0.05) is 19.3 Å². The number of fused-ring (bicyclic) bond motifs is 3. The van der Waals surface area contributed by atoms with Crippen molar-refractivity contribution in [3.8, 4) is 0 Å². The van der Waals surface area contributed by atoms with Crippen molar-refractivity contribution in [3.05, 3.63) is 27.3 Å². The summed E-state index contributed by atoms with van der Waals surface area (Å²) in [6, 6.07) is 0. The summed E-state index contributed by atoms with van der Waals surface area (Å²) in [6.07, 6.45) is 9.71. The van der Waals surface area contributed by atoms with Gasteiger partial charge in [-0.3, -0.25) is 0 Å². The molecular weight excluding hydrogens is 382 g/mol. The van der Waals surface area contributed by atoms with Crippen molar-refractivity contribution >= 4 is 27.5 Å². The molecule has 0 saturated heterocycles. The molecule has 0 radical (unpaired) electrons. The van der Waals surface area contributed by atoms with Gasteiger partial charge in [-0.05, 0) is 83.3 Å². The van der Waals surface area contributed by atoms with Crippen molar-refractivity contribution in [1.82, 2.24) is 4.98 Å². The Morgan fingerprint density at radius 1 is 1.14 bits per heavy atom. The third-order valence-corrected chi connectivity index (χ3v) is 7.53. The minimum Gasteiger partial charge on any atom is -0.479 e. The van der Waals surface area contributed by atoms with Crippen LogP contribution < -0.4 is 0 Å². The van der Waals surface area contributed by atoms with E-state index >= 15 is 0 Å². The first-order valence-corrected chi connectivity index (χ1v) is 11.9. The molecule has 2 heterocycles. The van der Waals surface area contributed by atoms with Crippen molar-refractivity contribution in [3.63, 3.8) is 0 Å². The molecule has 0 aromatic carbocycles. The molecule has 2 aliphatic carbocycles. The summed E-state index contributed by atoms with van der Waals surface area (Å²) in [5.41, 5.74) is 3.82. The molecule has 1 unspecified atom stereocenters. The highest BCUT2D eigenvalue weighted by molar-refractivity contribution is 7.18. The largest absolute Gasteiger partial charge is 0.479 e. The molecule has 2 aromatic heterocycles. The average molecular weight is 416 g/mol. The minimum absolute atomic E-state index is 0.411. The van der Waals surface area contributed by atoms with Crippen molar-refractivity contribution in [2.24, 2.45) is 0 Å². The molecule has 29 heavy (non-hydrogen) atoms. The molecule has 0 aliphatic heterocycles. The number of thiophene rings is 1. The van der Waals surface area contributed by atoms with E-state index in [0.717, 1.165) is 41.8 Å². The summed E-state index contributed by atoms with van der Waals surface area (Å²) in [4.78, 5) is 19.9. The number of pyridine rings is 1. The number of aryl methyl sites for hydroxylation is 3. The van der Waals surface area contributed by atoms with Crippen molar-refractivity contribution in [2.75, 3.05) is 0 Å². The molecule has 5 heteroatoms. The SMILES string of the molecule is Cc1nc2sc3c(c2c(C2CCCCC2)c1C(OC(C)(C)C)C(=O)O)CCCC3. The lowest BCUT2D eigenvalue weighted by molar-refractivity contribution is -0.160. The Kier molecular flexibility index (Phi) is 5.73. The first kappa shape index (κ1) is 20.8. The van der Waals surface area contributed by atoms with E-state index in [1.165, 1.54) is 53.5 Å². The van der Waals surface area contributed by atoms with Gasteiger partial charge < -0.3 is 9.84 Å². The van der Waals surface area contributed by atoms with Crippen LogP contribution in [-0.2, 0) is 22.4 Å².